The van der Waals surface area contributed by atoms with Crippen LogP contribution >= 0.6 is 23.4 Å². The Bertz CT molecular complexity index is 1150. The second-order valence-electron chi connectivity index (χ2n) is 8.53. The van der Waals surface area contributed by atoms with Crippen LogP contribution in [0.2, 0.25) is 5.02 Å². The van der Waals surface area contributed by atoms with Crippen LogP contribution < -0.4 is 5.56 Å². The molecule has 3 aromatic rings. The Morgan fingerprint density at radius 3 is 2.60 bits per heavy atom. The van der Waals surface area contributed by atoms with Gasteiger partial charge in [-0.05, 0) is 48.9 Å². The fourth-order valence-corrected chi connectivity index (χ4v) is 6.21. The minimum Gasteiger partial charge on any atom is -0.290 e. The van der Waals surface area contributed by atoms with Crippen LogP contribution in [0.1, 0.15) is 42.4 Å². The number of fused-ring (bicyclic) bond motifs is 4. The molecule has 2 aliphatic rings. The van der Waals surface area contributed by atoms with Gasteiger partial charge in [0.2, 0.25) is 0 Å². The van der Waals surface area contributed by atoms with E-state index in [1.54, 1.807) is 16.3 Å². The van der Waals surface area contributed by atoms with Crippen molar-refractivity contribution in [1.82, 2.24) is 9.55 Å². The van der Waals surface area contributed by atoms with E-state index in [2.05, 4.69) is 36.4 Å². The second-order valence-corrected chi connectivity index (χ2v) is 10.0. The molecular formula is C25H25ClN2OS. The summed E-state index contributed by atoms with van der Waals surface area (Å²) in [5, 5.41) is 1.56. The van der Waals surface area contributed by atoms with Crippen molar-refractivity contribution in [2.45, 2.75) is 49.1 Å². The summed E-state index contributed by atoms with van der Waals surface area (Å²) in [6.45, 7) is 0. The summed E-state index contributed by atoms with van der Waals surface area (Å²) in [4.78, 5) is 18.7. The Balaban J connectivity index is 1.52. The fraction of sp³-hybridized carbons (Fsp3) is 0.360. The number of hydrogen-bond donors (Lipinski definition) is 0. The summed E-state index contributed by atoms with van der Waals surface area (Å²) < 4.78 is 1.78. The summed E-state index contributed by atoms with van der Waals surface area (Å²) in [6.07, 6.45) is 6.46. The molecule has 2 aromatic carbocycles. The molecule has 0 N–H and O–H groups in total. The molecule has 0 unspecified atom stereocenters. The Labute approximate surface area is 186 Å². The van der Waals surface area contributed by atoms with Crippen LogP contribution in [0.15, 0.2) is 58.5 Å². The highest BCUT2D eigenvalue weighted by Gasteiger charge is 2.44. The zero-order valence-corrected chi connectivity index (χ0v) is 18.7. The van der Waals surface area contributed by atoms with Crippen LogP contribution in [0.25, 0.3) is 11.3 Å². The predicted octanol–water partition coefficient (Wildman–Crippen LogP) is 5.80. The molecule has 1 fully saturated rings. The number of nitrogens with zero attached hydrogens (tertiary/aromatic N) is 2. The average Bonchev–Trinajstić information content (AvgIpc) is 3.21. The molecule has 3 nitrogen and oxygen atoms in total. The van der Waals surface area contributed by atoms with E-state index >= 15 is 0 Å². The minimum absolute atomic E-state index is 0.0297. The average molecular weight is 437 g/mol. The number of halogens is 1. The van der Waals surface area contributed by atoms with E-state index in [9.17, 15) is 4.79 Å². The van der Waals surface area contributed by atoms with Crippen molar-refractivity contribution < 1.29 is 0 Å². The smallest absolute Gasteiger partial charge is 0.258 e. The monoisotopic (exact) mass is 436 g/mol. The molecule has 1 heterocycles. The quantitative estimate of drug-likeness (QED) is 0.382. The van der Waals surface area contributed by atoms with Gasteiger partial charge in [-0.1, -0.05) is 72.6 Å². The predicted molar refractivity (Wildman–Crippen MR) is 125 cm³/mol. The summed E-state index contributed by atoms with van der Waals surface area (Å²) in [7, 11) is 1.88. The van der Waals surface area contributed by atoms with Crippen LogP contribution in [0.3, 0.4) is 0 Å². The summed E-state index contributed by atoms with van der Waals surface area (Å²) in [5.41, 5.74) is 5.72. The number of benzene rings is 2. The number of aryl methyl sites for hydroxylation is 1. The molecular weight excluding hydrogens is 412 g/mol. The normalized spacial score (nSPS) is 16.5. The van der Waals surface area contributed by atoms with Gasteiger partial charge in [0.25, 0.3) is 5.56 Å². The van der Waals surface area contributed by atoms with Gasteiger partial charge in [-0.3, -0.25) is 9.36 Å². The van der Waals surface area contributed by atoms with E-state index in [0.29, 0.717) is 0 Å². The topological polar surface area (TPSA) is 34.9 Å². The van der Waals surface area contributed by atoms with Gasteiger partial charge in [-0.25, -0.2) is 4.98 Å². The van der Waals surface area contributed by atoms with Gasteiger partial charge in [0.15, 0.2) is 5.16 Å². The van der Waals surface area contributed by atoms with Crippen LogP contribution in [0.4, 0.5) is 0 Å². The van der Waals surface area contributed by atoms with E-state index in [-0.39, 0.29) is 11.0 Å². The van der Waals surface area contributed by atoms with Gasteiger partial charge in [0, 0.05) is 28.8 Å². The zero-order valence-electron chi connectivity index (χ0n) is 17.2. The lowest BCUT2D eigenvalue weighted by Gasteiger charge is -2.36. The molecule has 0 amide bonds. The zero-order chi connectivity index (χ0) is 20.7. The molecule has 154 valence electrons. The first-order valence-electron chi connectivity index (χ1n) is 10.6. The number of rotatable bonds is 4. The highest BCUT2D eigenvalue weighted by atomic mass is 35.5. The van der Waals surface area contributed by atoms with Gasteiger partial charge in [0.05, 0.1) is 11.3 Å². The van der Waals surface area contributed by atoms with Crippen LogP contribution in [0, 0.1) is 0 Å². The molecule has 1 aromatic heterocycles. The van der Waals surface area contributed by atoms with Gasteiger partial charge >= 0.3 is 0 Å². The van der Waals surface area contributed by atoms with Crippen molar-refractivity contribution in [3.05, 3.63) is 80.6 Å². The molecule has 0 radical (unpaired) electrons. The third kappa shape index (κ3) is 3.40. The maximum atomic E-state index is 13.6. The molecule has 30 heavy (non-hydrogen) atoms. The maximum Gasteiger partial charge on any atom is 0.258 e. The van der Waals surface area contributed by atoms with Gasteiger partial charge < -0.3 is 0 Å². The molecule has 1 saturated carbocycles. The SMILES string of the molecule is Cn1c(SCCc2ccc(Cl)cc2)nc2c(c1=O)C1(CCCC1)Cc1ccccc1-2. The molecule has 5 rings (SSSR count). The van der Waals surface area contributed by atoms with Crippen LogP contribution in [0.5, 0.6) is 0 Å². The number of hydrogen-bond acceptors (Lipinski definition) is 3. The molecule has 5 heteroatoms. The number of thioether (sulfide) groups is 1. The van der Waals surface area contributed by atoms with Gasteiger partial charge in [-0.2, -0.15) is 0 Å². The second kappa shape index (κ2) is 7.90. The van der Waals surface area contributed by atoms with Crippen LogP contribution in [-0.2, 0) is 25.3 Å². The molecule has 0 saturated heterocycles. The first-order chi connectivity index (χ1) is 14.6. The van der Waals surface area contributed by atoms with E-state index < -0.39 is 0 Å². The van der Waals surface area contributed by atoms with Crippen molar-refractivity contribution in [3.63, 3.8) is 0 Å². The first-order valence-corrected chi connectivity index (χ1v) is 12.0. The third-order valence-corrected chi connectivity index (χ3v) is 7.96. The van der Waals surface area contributed by atoms with Crippen molar-refractivity contribution in [1.29, 1.82) is 0 Å². The molecule has 0 atom stereocenters. The van der Waals surface area contributed by atoms with Gasteiger partial charge in [-0.15, -0.1) is 0 Å². The number of aromatic nitrogens is 2. The molecule has 0 aliphatic heterocycles. The first kappa shape index (κ1) is 19.9. The third-order valence-electron chi connectivity index (χ3n) is 6.68. The molecule has 1 spiro atoms. The lowest BCUT2D eigenvalue weighted by atomic mass is 9.68. The van der Waals surface area contributed by atoms with E-state index in [1.807, 2.05) is 19.2 Å². The van der Waals surface area contributed by atoms with Gasteiger partial charge in [0.1, 0.15) is 0 Å². The van der Waals surface area contributed by atoms with E-state index in [0.717, 1.165) is 58.4 Å². The summed E-state index contributed by atoms with van der Waals surface area (Å²) >= 11 is 7.64. The Morgan fingerprint density at radius 2 is 1.83 bits per heavy atom. The lowest BCUT2D eigenvalue weighted by molar-refractivity contribution is 0.419. The summed E-state index contributed by atoms with van der Waals surface area (Å²) in [6, 6.07) is 16.5. The summed E-state index contributed by atoms with van der Waals surface area (Å²) in [5.74, 6) is 0.869. The van der Waals surface area contributed by atoms with Crippen molar-refractivity contribution in [2.24, 2.45) is 7.05 Å². The van der Waals surface area contributed by atoms with Crippen molar-refractivity contribution in [2.75, 3.05) is 5.75 Å². The highest BCUT2D eigenvalue weighted by molar-refractivity contribution is 7.99. The Morgan fingerprint density at radius 1 is 1.10 bits per heavy atom. The largest absolute Gasteiger partial charge is 0.290 e. The van der Waals surface area contributed by atoms with Crippen LogP contribution in [-0.4, -0.2) is 15.3 Å². The van der Waals surface area contributed by atoms with E-state index in [4.69, 9.17) is 16.6 Å². The maximum absolute atomic E-state index is 13.6. The lowest BCUT2D eigenvalue weighted by Crippen LogP contribution is -2.39. The highest BCUT2D eigenvalue weighted by Crippen LogP contribution is 2.49. The van der Waals surface area contributed by atoms with E-state index in [1.165, 1.54) is 24.0 Å². The molecule has 0 bridgehead atoms. The Kier molecular flexibility index (Phi) is 5.24. The minimum atomic E-state index is -0.0297. The van der Waals surface area contributed by atoms with Crippen molar-refractivity contribution in [3.8, 4) is 11.3 Å². The fourth-order valence-electron chi connectivity index (χ4n) is 5.13. The van der Waals surface area contributed by atoms with Crippen molar-refractivity contribution >= 4 is 23.4 Å². The standard InChI is InChI=1S/C25H25ClN2OS/c1-28-23(29)21-22(27-24(28)30-15-12-17-8-10-19(26)11-9-17)20-7-3-2-6-18(20)16-25(21)13-4-5-14-25/h2-3,6-11H,4-5,12-16H2,1H3. The Hall–Kier alpha value is -2.04. The molecule has 2 aliphatic carbocycles.